The van der Waals surface area contributed by atoms with Gasteiger partial charge in [0.05, 0.1) is 6.26 Å². The van der Waals surface area contributed by atoms with Gasteiger partial charge in [0, 0.05) is 5.56 Å². The van der Waals surface area contributed by atoms with Gasteiger partial charge in [0.1, 0.15) is 6.61 Å². The molecule has 0 amide bonds. The Morgan fingerprint density at radius 2 is 1.38 bits per heavy atom. The van der Waals surface area contributed by atoms with Crippen molar-refractivity contribution in [2.24, 2.45) is 17.8 Å². The molecule has 0 saturated heterocycles. The molecule has 39 heavy (non-hydrogen) atoms. The quantitative estimate of drug-likeness (QED) is 0.159. The van der Waals surface area contributed by atoms with Gasteiger partial charge in [-0.2, -0.15) is 8.78 Å². The SMILES string of the molecule is C/C=C/Oc1ccc(OCc2ccc(C3CCC(C4CCC(CCCCC)CC4)CC3)c(F)c2F)c(F)c1F. The molecule has 0 heterocycles. The third kappa shape index (κ3) is 7.37. The highest BCUT2D eigenvalue weighted by molar-refractivity contribution is 5.36. The summed E-state index contributed by atoms with van der Waals surface area (Å²) in [6.45, 7) is 3.52. The molecular formula is C33H42F4O2. The number of hydrogen-bond donors (Lipinski definition) is 0. The minimum absolute atomic E-state index is 0.00681. The van der Waals surface area contributed by atoms with Crippen LogP contribution >= 0.6 is 0 Å². The van der Waals surface area contributed by atoms with Crippen molar-refractivity contribution in [3.05, 3.63) is 71.0 Å². The molecular weight excluding hydrogens is 504 g/mol. The second-order valence-corrected chi connectivity index (χ2v) is 11.4. The number of benzene rings is 2. The fourth-order valence-corrected chi connectivity index (χ4v) is 6.58. The van der Waals surface area contributed by atoms with Crippen LogP contribution in [0, 0.1) is 41.0 Å². The van der Waals surface area contributed by atoms with Gasteiger partial charge in [-0.1, -0.05) is 63.7 Å². The first-order valence-electron chi connectivity index (χ1n) is 14.8. The molecule has 0 bridgehead atoms. The molecule has 0 spiro atoms. The Bertz CT molecular complexity index is 1100. The van der Waals surface area contributed by atoms with Crippen molar-refractivity contribution in [3.63, 3.8) is 0 Å². The Morgan fingerprint density at radius 3 is 2.05 bits per heavy atom. The van der Waals surface area contributed by atoms with E-state index >= 15 is 4.39 Å². The van der Waals surface area contributed by atoms with Crippen molar-refractivity contribution in [1.29, 1.82) is 0 Å². The van der Waals surface area contributed by atoms with E-state index < -0.39 is 35.6 Å². The molecule has 0 N–H and O–H groups in total. The smallest absolute Gasteiger partial charge is 0.205 e. The highest BCUT2D eigenvalue weighted by Gasteiger charge is 2.32. The van der Waals surface area contributed by atoms with Crippen LogP contribution < -0.4 is 9.47 Å². The maximum atomic E-state index is 15.1. The lowest BCUT2D eigenvalue weighted by Crippen LogP contribution is -2.25. The predicted octanol–water partition coefficient (Wildman–Crippen LogP) is 10.4. The molecule has 2 aromatic carbocycles. The molecule has 0 aliphatic heterocycles. The lowest BCUT2D eigenvalue weighted by Gasteiger charge is -2.38. The minimum Gasteiger partial charge on any atom is -0.486 e. The van der Waals surface area contributed by atoms with E-state index in [4.69, 9.17) is 9.47 Å². The van der Waals surface area contributed by atoms with Gasteiger partial charge in [-0.15, -0.1) is 0 Å². The lowest BCUT2D eigenvalue weighted by molar-refractivity contribution is 0.155. The Labute approximate surface area is 230 Å². The van der Waals surface area contributed by atoms with Crippen molar-refractivity contribution < 1.29 is 27.0 Å². The summed E-state index contributed by atoms with van der Waals surface area (Å²) in [4.78, 5) is 0. The van der Waals surface area contributed by atoms with Crippen LogP contribution in [0.1, 0.15) is 108 Å². The summed E-state index contributed by atoms with van der Waals surface area (Å²) in [6.07, 6.45) is 17.4. The molecule has 2 aliphatic carbocycles. The van der Waals surface area contributed by atoms with E-state index in [2.05, 4.69) is 6.92 Å². The first-order valence-corrected chi connectivity index (χ1v) is 14.8. The van der Waals surface area contributed by atoms with Crippen molar-refractivity contribution in [1.82, 2.24) is 0 Å². The normalized spacial score (nSPS) is 23.7. The van der Waals surface area contributed by atoms with Crippen LogP contribution in [-0.2, 0) is 6.61 Å². The highest BCUT2D eigenvalue weighted by Crippen LogP contribution is 2.45. The number of unbranched alkanes of at least 4 members (excludes halogenated alkanes) is 2. The van der Waals surface area contributed by atoms with E-state index in [1.54, 1.807) is 13.0 Å². The van der Waals surface area contributed by atoms with E-state index in [-0.39, 0.29) is 17.2 Å². The van der Waals surface area contributed by atoms with Gasteiger partial charge >= 0.3 is 0 Å². The molecule has 2 nitrogen and oxygen atoms in total. The Hall–Kier alpha value is -2.50. The average Bonchev–Trinajstić information content (AvgIpc) is 2.96. The fraction of sp³-hybridized carbons (Fsp3) is 0.576. The first-order chi connectivity index (χ1) is 18.9. The van der Waals surface area contributed by atoms with Crippen LogP contribution in [-0.4, -0.2) is 0 Å². The molecule has 2 fully saturated rings. The molecule has 2 aromatic rings. The van der Waals surface area contributed by atoms with E-state index in [0.717, 1.165) is 37.5 Å². The molecule has 0 radical (unpaired) electrons. The van der Waals surface area contributed by atoms with Gasteiger partial charge in [0.2, 0.25) is 11.6 Å². The third-order valence-electron chi connectivity index (χ3n) is 8.90. The monoisotopic (exact) mass is 546 g/mol. The van der Waals surface area contributed by atoms with Crippen LogP contribution in [0.5, 0.6) is 11.5 Å². The van der Waals surface area contributed by atoms with Crippen LogP contribution in [0.25, 0.3) is 0 Å². The van der Waals surface area contributed by atoms with Gasteiger partial charge in [0.15, 0.2) is 23.1 Å². The van der Waals surface area contributed by atoms with Crippen LogP contribution in [0.2, 0.25) is 0 Å². The molecule has 2 saturated carbocycles. The summed E-state index contributed by atoms with van der Waals surface area (Å²) in [5.41, 5.74) is 0.381. The Balaban J connectivity index is 1.30. The van der Waals surface area contributed by atoms with Gasteiger partial charge < -0.3 is 9.47 Å². The summed E-state index contributed by atoms with van der Waals surface area (Å²) in [5.74, 6) is -2.57. The minimum atomic E-state index is -1.24. The molecule has 0 atom stereocenters. The molecule has 2 aliphatic rings. The summed E-state index contributed by atoms with van der Waals surface area (Å²) < 4.78 is 68.9. The number of hydrogen-bond acceptors (Lipinski definition) is 2. The molecule has 214 valence electrons. The molecule has 0 unspecified atom stereocenters. The third-order valence-corrected chi connectivity index (χ3v) is 8.90. The lowest BCUT2D eigenvalue weighted by atomic mass is 9.68. The van der Waals surface area contributed by atoms with E-state index in [9.17, 15) is 13.2 Å². The van der Waals surface area contributed by atoms with Crippen molar-refractivity contribution >= 4 is 0 Å². The summed E-state index contributed by atoms with van der Waals surface area (Å²) in [6, 6.07) is 5.56. The Morgan fingerprint density at radius 1 is 0.744 bits per heavy atom. The van der Waals surface area contributed by atoms with Gasteiger partial charge in [-0.25, -0.2) is 8.78 Å². The van der Waals surface area contributed by atoms with Crippen molar-refractivity contribution in [2.75, 3.05) is 0 Å². The zero-order valence-electron chi connectivity index (χ0n) is 23.3. The fourth-order valence-electron chi connectivity index (χ4n) is 6.58. The second-order valence-electron chi connectivity index (χ2n) is 11.4. The number of allylic oxidation sites excluding steroid dienone is 1. The summed E-state index contributed by atoms with van der Waals surface area (Å²) in [7, 11) is 0. The van der Waals surface area contributed by atoms with E-state index in [1.807, 2.05) is 0 Å². The molecule has 6 heteroatoms. The largest absolute Gasteiger partial charge is 0.486 e. The summed E-state index contributed by atoms with van der Waals surface area (Å²) in [5, 5.41) is 0. The van der Waals surface area contributed by atoms with E-state index in [0.29, 0.717) is 11.5 Å². The van der Waals surface area contributed by atoms with Crippen molar-refractivity contribution in [2.45, 2.75) is 103 Å². The predicted molar refractivity (Wildman–Crippen MR) is 147 cm³/mol. The zero-order chi connectivity index (χ0) is 27.8. The highest BCUT2D eigenvalue weighted by atomic mass is 19.2. The van der Waals surface area contributed by atoms with Crippen LogP contribution in [0.4, 0.5) is 17.6 Å². The second kappa shape index (κ2) is 14.2. The Kier molecular flexibility index (Phi) is 10.8. The summed E-state index contributed by atoms with van der Waals surface area (Å²) >= 11 is 0. The molecule has 4 rings (SSSR count). The maximum absolute atomic E-state index is 15.1. The van der Waals surface area contributed by atoms with Gasteiger partial charge in [0.25, 0.3) is 0 Å². The standard InChI is InChI=1S/C33H42F4O2/c1-3-5-6-7-22-8-10-23(11-9-22)24-12-14-25(15-13-24)27-17-16-26(30(34)31(27)35)21-39-29-19-18-28(38-20-4-2)32(36)33(29)37/h4,16-20,22-25H,3,5-15,21H2,1-2H3/b20-4+. The number of ether oxygens (including phenoxy) is 2. The van der Waals surface area contributed by atoms with Crippen molar-refractivity contribution in [3.8, 4) is 11.5 Å². The topological polar surface area (TPSA) is 18.5 Å². The number of halogens is 4. The molecule has 0 aromatic heterocycles. The van der Waals surface area contributed by atoms with Gasteiger partial charge in [-0.3, -0.25) is 0 Å². The van der Waals surface area contributed by atoms with Crippen LogP contribution in [0.3, 0.4) is 0 Å². The number of rotatable bonds is 11. The maximum Gasteiger partial charge on any atom is 0.205 e. The average molecular weight is 547 g/mol. The first kappa shape index (κ1) is 29.5. The van der Waals surface area contributed by atoms with E-state index in [1.165, 1.54) is 81.9 Å². The zero-order valence-corrected chi connectivity index (χ0v) is 23.3. The van der Waals surface area contributed by atoms with Crippen LogP contribution in [0.15, 0.2) is 36.6 Å². The van der Waals surface area contributed by atoms with Gasteiger partial charge in [-0.05, 0) is 86.8 Å².